The zero-order valence-electron chi connectivity index (χ0n) is 15.9. The van der Waals surface area contributed by atoms with Crippen molar-refractivity contribution in [3.05, 3.63) is 93.3 Å². The predicted octanol–water partition coefficient (Wildman–Crippen LogP) is 5.63. The molecule has 2 aliphatic heterocycles. The Labute approximate surface area is 168 Å². The molecule has 0 bridgehead atoms. The van der Waals surface area contributed by atoms with Crippen molar-refractivity contribution >= 4 is 11.4 Å². The Morgan fingerprint density at radius 3 is 2.45 bits per heavy atom. The zero-order chi connectivity index (χ0) is 19.7. The Kier molecular flexibility index (Phi) is 3.52. The second-order valence-electron chi connectivity index (χ2n) is 8.68. The van der Waals surface area contributed by atoms with E-state index in [2.05, 4.69) is 29.2 Å². The number of allylic oxidation sites excluding steroid dienone is 4. The van der Waals surface area contributed by atoms with E-state index in [4.69, 9.17) is 0 Å². The maximum atomic E-state index is 13.6. The maximum absolute atomic E-state index is 13.6. The maximum Gasteiger partial charge on any atom is 0.270 e. The van der Waals surface area contributed by atoms with Crippen LogP contribution in [0.15, 0.2) is 60.7 Å². The van der Waals surface area contributed by atoms with Crippen molar-refractivity contribution in [2.45, 2.75) is 30.7 Å². The van der Waals surface area contributed by atoms with Crippen molar-refractivity contribution in [1.29, 1.82) is 0 Å². The van der Waals surface area contributed by atoms with Crippen LogP contribution in [0, 0.1) is 27.8 Å². The molecule has 0 aromatic heterocycles. The smallest absolute Gasteiger partial charge is 0.270 e. The molecule has 6 rings (SSSR count). The lowest BCUT2D eigenvalue weighted by molar-refractivity contribution is -0.385. The highest BCUT2D eigenvalue weighted by atomic mass is 19.1. The minimum absolute atomic E-state index is 0.157. The quantitative estimate of drug-likeness (QED) is 0.381. The summed E-state index contributed by atoms with van der Waals surface area (Å²) >= 11 is 0. The van der Waals surface area contributed by atoms with E-state index >= 15 is 0 Å². The van der Waals surface area contributed by atoms with E-state index in [9.17, 15) is 14.5 Å². The van der Waals surface area contributed by atoms with Crippen molar-refractivity contribution < 1.29 is 9.31 Å². The highest BCUT2D eigenvalue weighted by molar-refractivity contribution is 5.72. The molecule has 2 aromatic carbocycles. The fourth-order valence-electron chi connectivity index (χ4n) is 6.10. The number of rotatable bonds is 2. The normalized spacial score (nSPS) is 30.8. The van der Waals surface area contributed by atoms with Gasteiger partial charge in [0.25, 0.3) is 5.69 Å². The lowest BCUT2D eigenvalue weighted by Gasteiger charge is -2.51. The number of nitrogens with zero attached hydrogens (tertiary/aromatic N) is 2. The highest BCUT2D eigenvalue weighted by Gasteiger charge is 2.48. The van der Waals surface area contributed by atoms with E-state index in [1.54, 1.807) is 24.3 Å². The second-order valence-corrected chi connectivity index (χ2v) is 8.68. The Morgan fingerprint density at radius 2 is 1.69 bits per heavy atom. The van der Waals surface area contributed by atoms with Crippen molar-refractivity contribution in [1.82, 2.24) is 0 Å². The fourth-order valence-corrected chi connectivity index (χ4v) is 6.10. The van der Waals surface area contributed by atoms with Gasteiger partial charge >= 0.3 is 0 Å². The summed E-state index contributed by atoms with van der Waals surface area (Å²) in [5.74, 6) is 0.939. The first-order valence-electron chi connectivity index (χ1n) is 10.3. The Hall–Kier alpha value is -2.95. The molecule has 0 amide bonds. The lowest BCUT2D eigenvalue weighted by Crippen LogP contribution is -2.46. The fraction of sp³-hybridized carbons (Fsp3) is 0.333. The third kappa shape index (κ3) is 2.36. The molecule has 0 unspecified atom stereocenters. The summed E-state index contributed by atoms with van der Waals surface area (Å²) in [6.45, 7) is 0.931. The standard InChI is InChI=1S/C24H21FN2O2/c25-16-9-7-14(8-10-16)23-20-6-2-5-19(20)22-12-17(27(28)29)11-21-18-4-1-3-15(18)13-26(23)24(21)22/h1-2,4-5,7-12,15,18-20,23H,3,6,13H2/t15-,18-,19+,20-,23-/m0/s1. The van der Waals surface area contributed by atoms with Gasteiger partial charge < -0.3 is 4.90 Å². The van der Waals surface area contributed by atoms with Crippen LogP contribution in [0.25, 0.3) is 0 Å². The average Bonchev–Trinajstić information content (AvgIpc) is 3.38. The number of nitro benzene ring substituents is 1. The number of benzene rings is 2. The summed E-state index contributed by atoms with van der Waals surface area (Å²) in [4.78, 5) is 13.9. The summed E-state index contributed by atoms with van der Waals surface area (Å²) in [7, 11) is 0. The zero-order valence-corrected chi connectivity index (χ0v) is 15.9. The van der Waals surface area contributed by atoms with Crippen LogP contribution in [0.4, 0.5) is 15.8 Å². The van der Waals surface area contributed by atoms with Crippen LogP contribution < -0.4 is 4.90 Å². The number of fused-ring (bicyclic) bond motifs is 4. The van der Waals surface area contributed by atoms with E-state index in [-0.39, 0.29) is 34.3 Å². The molecule has 2 aliphatic carbocycles. The summed E-state index contributed by atoms with van der Waals surface area (Å²) in [6.07, 6.45) is 10.8. The Balaban J connectivity index is 1.59. The van der Waals surface area contributed by atoms with E-state index in [1.165, 1.54) is 5.69 Å². The van der Waals surface area contributed by atoms with Gasteiger partial charge in [-0.05, 0) is 53.5 Å². The van der Waals surface area contributed by atoms with Gasteiger partial charge in [-0.1, -0.05) is 36.4 Å². The third-order valence-corrected chi connectivity index (χ3v) is 7.26. The Morgan fingerprint density at radius 1 is 1.00 bits per heavy atom. The molecule has 0 fully saturated rings. The number of non-ortho nitro benzene ring substituents is 1. The summed E-state index contributed by atoms with van der Waals surface area (Å²) in [6, 6.07) is 10.6. The molecule has 2 aromatic rings. The van der Waals surface area contributed by atoms with Gasteiger partial charge in [0.05, 0.1) is 11.0 Å². The van der Waals surface area contributed by atoms with Crippen molar-refractivity contribution in [2.24, 2.45) is 11.8 Å². The van der Waals surface area contributed by atoms with Gasteiger partial charge in [0, 0.05) is 36.2 Å². The molecule has 0 N–H and O–H groups in total. The second kappa shape index (κ2) is 6.02. The van der Waals surface area contributed by atoms with Crippen LogP contribution >= 0.6 is 0 Å². The average molecular weight is 388 g/mol. The van der Waals surface area contributed by atoms with E-state index in [0.29, 0.717) is 11.8 Å². The molecule has 146 valence electrons. The van der Waals surface area contributed by atoms with Crippen LogP contribution in [0.3, 0.4) is 0 Å². The van der Waals surface area contributed by atoms with Crippen molar-refractivity contribution in [3.8, 4) is 0 Å². The minimum Gasteiger partial charge on any atom is -0.363 e. The molecule has 5 heteroatoms. The number of hydrogen-bond donors (Lipinski definition) is 0. The molecule has 0 saturated heterocycles. The molecule has 0 radical (unpaired) electrons. The summed E-state index contributed by atoms with van der Waals surface area (Å²) in [5, 5.41) is 11.7. The molecule has 4 aliphatic rings. The summed E-state index contributed by atoms with van der Waals surface area (Å²) < 4.78 is 13.6. The first-order chi connectivity index (χ1) is 14.1. The van der Waals surface area contributed by atoms with Crippen molar-refractivity contribution in [3.63, 3.8) is 0 Å². The third-order valence-electron chi connectivity index (χ3n) is 7.26. The van der Waals surface area contributed by atoms with Crippen LogP contribution in [-0.4, -0.2) is 11.5 Å². The topological polar surface area (TPSA) is 46.4 Å². The number of nitro groups is 1. The monoisotopic (exact) mass is 388 g/mol. The van der Waals surface area contributed by atoms with Gasteiger partial charge in [0.2, 0.25) is 0 Å². The van der Waals surface area contributed by atoms with E-state index < -0.39 is 0 Å². The van der Waals surface area contributed by atoms with Gasteiger partial charge in [-0.3, -0.25) is 10.1 Å². The summed E-state index contributed by atoms with van der Waals surface area (Å²) in [5.41, 5.74) is 4.67. The van der Waals surface area contributed by atoms with E-state index in [0.717, 1.165) is 36.1 Å². The highest BCUT2D eigenvalue weighted by Crippen LogP contribution is 2.59. The molecule has 0 saturated carbocycles. The van der Waals surface area contributed by atoms with Crippen LogP contribution in [0.1, 0.15) is 47.4 Å². The predicted molar refractivity (Wildman–Crippen MR) is 110 cm³/mol. The molecule has 4 nitrogen and oxygen atoms in total. The molecule has 2 heterocycles. The molecular weight excluding hydrogens is 367 g/mol. The molecule has 5 atom stereocenters. The van der Waals surface area contributed by atoms with Crippen LogP contribution in [0.2, 0.25) is 0 Å². The van der Waals surface area contributed by atoms with Gasteiger partial charge in [-0.15, -0.1) is 0 Å². The van der Waals surface area contributed by atoms with Gasteiger partial charge in [0.1, 0.15) is 5.82 Å². The van der Waals surface area contributed by atoms with E-state index in [1.807, 2.05) is 12.1 Å². The van der Waals surface area contributed by atoms with Crippen LogP contribution in [-0.2, 0) is 0 Å². The van der Waals surface area contributed by atoms with Gasteiger partial charge in [-0.2, -0.15) is 0 Å². The lowest BCUT2D eigenvalue weighted by atomic mass is 9.70. The SMILES string of the molecule is O=[N+]([O-])c1cc2c3c(c1)[C@@H]1C=CC[C@@H]1[C@H](c1ccc(F)cc1)N3C[C@@H]1CC=C[C@H]21. The molecule has 29 heavy (non-hydrogen) atoms. The minimum atomic E-state index is -0.261. The number of halogens is 1. The first kappa shape index (κ1) is 17.0. The van der Waals surface area contributed by atoms with Crippen molar-refractivity contribution in [2.75, 3.05) is 11.4 Å². The van der Waals surface area contributed by atoms with Crippen LogP contribution in [0.5, 0.6) is 0 Å². The largest absolute Gasteiger partial charge is 0.363 e. The first-order valence-corrected chi connectivity index (χ1v) is 10.3. The molecule has 0 spiro atoms. The van der Waals surface area contributed by atoms with Gasteiger partial charge in [0.15, 0.2) is 0 Å². The molecular formula is C24H21FN2O2. The van der Waals surface area contributed by atoms with Gasteiger partial charge in [-0.25, -0.2) is 4.39 Å². The Bertz CT molecular complexity index is 1060. The number of hydrogen-bond acceptors (Lipinski definition) is 3. The number of anilines is 1.